The van der Waals surface area contributed by atoms with Crippen LogP contribution in [0.15, 0.2) is 24.3 Å². The van der Waals surface area contributed by atoms with E-state index in [-0.39, 0.29) is 23.3 Å². The first-order valence-corrected chi connectivity index (χ1v) is 8.07. The molecule has 0 radical (unpaired) electrons. The number of carbonyl (C=O) groups excluding carboxylic acids is 2. The molecule has 2 amide bonds. The van der Waals surface area contributed by atoms with Gasteiger partial charge in [-0.1, -0.05) is 6.07 Å². The highest BCUT2D eigenvalue weighted by atomic mass is 32.2. The molecule has 1 aliphatic heterocycles. The maximum absolute atomic E-state index is 12.0. The number of benzene rings is 1. The maximum atomic E-state index is 12.0. The molecule has 0 aliphatic carbocycles. The van der Waals surface area contributed by atoms with Crippen LogP contribution >= 0.6 is 0 Å². The van der Waals surface area contributed by atoms with E-state index in [0.29, 0.717) is 17.7 Å². The molecule has 7 heteroatoms. The average molecular weight is 296 g/mol. The quantitative estimate of drug-likeness (QED) is 0.845. The highest BCUT2D eigenvalue weighted by molar-refractivity contribution is 7.91. The molecule has 1 atom stereocenters. The van der Waals surface area contributed by atoms with E-state index in [1.54, 1.807) is 24.3 Å². The summed E-state index contributed by atoms with van der Waals surface area (Å²) in [7, 11) is -1.56. The molecule has 1 heterocycles. The summed E-state index contributed by atoms with van der Waals surface area (Å²) in [5.74, 6) is -1.12. The predicted molar refractivity (Wildman–Crippen MR) is 75.2 cm³/mol. The van der Waals surface area contributed by atoms with Crippen molar-refractivity contribution in [2.45, 2.75) is 6.42 Å². The number of nitrogens with one attached hydrogen (secondary N) is 2. The molecule has 1 saturated heterocycles. The second kappa shape index (κ2) is 5.62. The summed E-state index contributed by atoms with van der Waals surface area (Å²) in [6, 6.07) is 6.51. The van der Waals surface area contributed by atoms with Crippen LogP contribution in [0.3, 0.4) is 0 Å². The molecular weight excluding hydrogens is 280 g/mol. The molecule has 1 aromatic carbocycles. The van der Waals surface area contributed by atoms with Crippen LogP contribution < -0.4 is 10.6 Å². The largest absolute Gasteiger partial charge is 0.355 e. The number of anilines is 1. The van der Waals surface area contributed by atoms with E-state index in [1.807, 2.05) is 0 Å². The standard InChI is InChI=1S/C13H16N2O4S/c1-14-12(16)9-3-2-4-11(7-9)15-13(17)10-5-6-20(18,19)8-10/h2-4,7,10H,5-6,8H2,1H3,(H,14,16)(H,15,17). The van der Waals surface area contributed by atoms with Gasteiger partial charge in [-0.05, 0) is 24.6 Å². The summed E-state index contributed by atoms with van der Waals surface area (Å²) in [5, 5.41) is 5.15. The van der Waals surface area contributed by atoms with Crippen LogP contribution in [0.25, 0.3) is 0 Å². The van der Waals surface area contributed by atoms with E-state index in [2.05, 4.69) is 10.6 Å². The zero-order valence-corrected chi connectivity index (χ0v) is 11.9. The van der Waals surface area contributed by atoms with Gasteiger partial charge in [0.25, 0.3) is 5.91 Å². The van der Waals surface area contributed by atoms with Crippen molar-refractivity contribution in [3.05, 3.63) is 29.8 Å². The lowest BCUT2D eigenvalue weighted by Gasteiger charge is -2.10. The minimum absolute atomic E-state index is 0.0589. The minimum atomic E-state index is -3.08. The second-order valence-corrected chi connectivity index (χ2v) is 6.98. The van der Waals surface area contributed by atoms with Gasteiger partial charge in [-0.2, -0.15) is 0 Å². The predicted octanol–water partition coefficient (Wildman–Crippen LogP) is 0.419. The highest BCUT2D eigenvalue weighted by Gasteiger charge is 2.32. The molecule has 2 rings (SSSR count). The van der Waals surface area contributed by atoms with Crippen LogP contribution in [-0.4, -0.2) is 38.8 Å². The van der Waals surface area contributed by atoms with Gasteiger partial charge in [0.1, 0.15) is 0 Å². The SMILES string of the molecule is CNC(=O)c1cccc(NC(=O)C2CCS(=O)(=O)C2)c1. The number of sulfone groups is 1. The van der Waals surface area contributed by atoms with Gasteiger partial charge in [-0.15, -0.1) is 0 Å². The van der Waals surface area contributed by atoms with Crippen molar-refractivity contribution in [1.29, 1.82) is 0 Å². The zero-order valence-electron chi connectivity index (χ0n) is 11.0. The molecule has 0 spiro atoms. The van der Waals surface area contributed by atoms with Crippen LogP contribution in [0.5, 0.6) is 0 Å². The Morgan fingerprint density at radius 3 is 2.65 bits per heavy atom. The highest BCUT2D eigenvalue weighted by Crippen LogP contribution is 2.20. The van der Waals surface area contributed by atoms with E-state index in [0.717, 1.165) is 0 Å². The zero-order chi connectivity index (χ0) is 14.8. The summed E-state index contributed by atoms with van der Waals surface area (Å²) in [6.07, 6.45) is 0.350. The lowest BCUT2D eigenvalue weighted by Crippen LogP contribution is -2.24. The van der Waals surface area contributed by atoms with Crippen molar-refractivity contribution in [3.63, 3.8) is 0 Å². The molecule has 6 nitrogen and oxygen atoms in total. The van der Waals surface area contributed by atoms with E-state index < -0.39 is 15.8 Å². The third kappa shape index (κ3) is 3.36. The van der Waals surface area contributed by atoms with Gasteiger partial charge < -0.3 is 10.6 Å². The Kier molecular flexibility index (Phi) is 4.08. The molecule has 1 unspecified atom stereocenters. The first kappa shape index (κ1) is 14.5. The van der Waals surface area contributed by atoms with Crippen molar-refractivity contribution in [1.82, 2.24) is 5.32 Å². The second-order valence-electron chi connectivity index (χ2n) is 4.75. The molecule has 2 N–H and O–H groups in total. The van der Waals surface area contributed by atoms with Gasteiger partial charge in [0.2, 0.25) is 5.91 Å². The lowest BCUT2D eigenvalue weighted by atomic mass is 10.1. The number of hydrogen-bond donors (Lipinski definition) is 2. The molecule has 1 aromatic rings. The Morgan fingerprint density at radius 2 is 2.05 bits per heavy atom. The van der Waals surface area contributed by atoms with Crippen molar-refractivity contribution < 1.29 is 18.0 Å². The normalized spacial score (nSPS) is 20.4. The average Bonchev–Trinajstić information content (AvgIpc) is 2.78. The fraction of sp³-hybridized carbons (Fsp3) is 0.385. The van der Waals surface area contributed by atoms with Gasteiger partial charge in [0, 0.05) is 18.3 Å². The Labute approximate surface area is 117 Å². The van der Waals surface area contributed by atoms with Gasteiger partial charge in [0.15, 0.2) is 9.84 Å². The minimum Gasteiger partial charge on any atom is -0.355 e. The van der Waals surface area contributed by atoms with Gasteiger partial charge in [-0.3, -0.25) is 9.59 Å². The molecule has 0 aromatic heterocycles. The van der Waals surface area contributed by atoms with Gasteiger partial charge in [0.05, 0.1) is 17.4 Å². The molecule has 20 heavy (non-hydrogen) atoms. The summed E-state index contributed by atoms with van der Waals surface area (Å²) in [4.78, 5) is 23.5. The van der Waals surface area contributed by atoms with E-state index in [1.165, 1.54) is 7.05 Å². The maximum Gasteiger partial charge on any atom is 0.251 e. The third-order valence-electron chi connectivity index (χ3n) is 3.22. The molecule has 108 valence electrons. The van der Waals surface area contributed by atoms with Crippen molar-refractivity contribution in [2.75, 3.05) is 23.9 Å². The number of rotatable bonds is 3. The first-order valence-electron chi connectivity index (χ1n) is 6.25. The van der Waals surface area contributed by atoms with Crippen molar-refractivity contribution in [2.24, 2.45) is 5.92 Å². The summed E-state index contributed by atoms with van der Waals surface area (Å²) in [6.45, 7) is 0. The fourth-order valence-electron chi connectivity index (χ4n) is 2.13. The van der Waals surface area contributed by atoms with Crippen LogP contribution in [0.2, 0.25) is 0 Å². The third-order valence-corrected chi connectivity index (χ3v) is 4.99. The summed E-state index contributed by atoms with van der Waals surface area (Å²) in [5.41, 5.74) is 0.921. The smallest absolute Gasteiger partial charge is 0.251 e. The molecule has 0 saturated carbocycles. The topological polar surface area (TPSA) is 92.3 Å². The Hall–Kier alpha value is -1.89. The van der Waals surface area contributed by atoms with Crippen LogP contribution in [0.1, 0.15) is 16.8 Å². The van der Waals surface area contributed by atoms with E-state index in [4.69, 9.17) is 0 Å². The molecule has 0 bridgehead atoms. The van der Waals surface area contributed by atoms with Crippen molar-refractivity contribution in [3.8, 4) is 0 Å². The van der Waals surface area contributed by atoms with Crippen LogP contribution in [-0.2, 0) is 14.6 Å². The monoisotopic (exact) mass is 296 g/mol. The van der Waals surface area contributed by atoms with Gasteiger partial charge >= 0.3 is 0 Å². The van der Waals surface area contributed by atoms with Crippen LogP contribution in [0, 0.1) is 5.92 Å². The molecular formula is C13H16N2O4S. The summed E-state index contributed by atoms with van der Waals surface area (Å²) < 4.78 is 22.7. The number of carbonyl (C=O) groups is 2. The van der Waals surface area contributed by atoms with E-state index >= 15 is 0 Å². The Morgan fingerprint density at radius 1 is 1.30 bits per heavy atom. The lowest BCUT2D eigenvalue weighted by molar-refractivity contribution is -0.119. The fourth-order valence-corrected chi connectivity index (χ4v) is 3.87. The van der Waals surface area contributed by atoms with Crippen LogP contribution in [0.4, 0.5) is 5.69 Å². The van der Waals surface area contributed by atoms with Crippen molar-refractivity contribution >= 4 is 27.3 Å². The Bertz CT molecular complexity index is 640. The van der Waals surface area contributed by atoms with E-state index in [9.17, 15) is 18.0 Å². The molecule has 1 fully saturated rings. The molecule has 1 aliphatic rings. The number of hydrogen-bond acceptors (Lipinski definition) is 4. The first-order chi connectivity index (χ1) is 9.41. The summed E-state index contributed by atoms with van der Waals surface area (Å²) >= 11 is 0. The number of amides is 2. The van der Waals surface area contributed by atoms with Gasteiger partial charge in [-0.25, -0.2) is 8.42 Å². The Balaban J connectivity index is 2.07.